The normalized spacial score (nSPS) is 12.6. The van der Waals surface area contributed by atoms with Crippen LogP contribution in [0, 0.1) is 0 Å². The third kappa shape index (κ3) is 1.95. The Kier molecular flexibility index (Phi) is 3.17. The fraction of sp³-hybridized carbons (Fsp3) is 0.333. The minimum atomic E-state index is -0.232. The predicted molar refractivity (Wildman–Crippen MR) is 55.0 cm³/mol. The van der Waals surface area contributed by atoms with E-state index < -0.39 is 0 Å². The van der Waals surface area contributed by atoms with Crippen LogP contribution in [0.3, 0.4) is 0 Å². The average molecular weight is 246 g/mol. The molecule has 0 heterocycles. The zero-order chi connectivity index (χ0) is 10.0. The van der Waals surface area contributed by atoms with Gasteiger partial charge in [0.2, 0.25) is 0 Å². The summed E-state index contributed by atoms with van der Waals surface area (Å²) < 4.78 is 5.76. The van der Waals surface area contributed by atoms with Crippen LogP contribution in [-0.4, -0.2) is 12.2 Å². The van der Waals surface area contributed by atoms with Crippen molar-refractivity contribution < 1.29 is 9.84 Å². The van der Waals surface area contributed by atoms with E-state index in [-0.39, 0.29) is 11.8 Å². The molecule has 1 aromatic carbocycles. The molecule has 0 amide bonds. The van der Waals surface area contributed by atoms with Crippen LogP contribution in [0.2, 0.25) is 0 Å². The Hall–Kier alpha value is -0.740. The SMILES string of the molecule is COc1ccc(Br)c(C(C)N)c1O. The maximum Gasteiger partial charge on any atom is 0.163 e. The van der Waals surface area contributed by atoms with Crippen LogP contribution in [0.4, 0.5) is 0 Å². The number of nitrogens with two attached hydrogens (primary N) is 1. The molecule has 4 heteroatoms. The van der Waals surface area contributed by atoms with Gasteiger partial charge >= 0.3 is 0 Å². The molecule has 0 fully saturated rings. The number of aromatic hydroxyl groups is 1. The summed E-state index contributed by atoms with van der Waals surface area (Å²) in [5, 5.41) is 9.71. The molecule has 72 valence electrons. The van der Waals surface area contributed by atoms with E-state index in [9.17, 15) is 5.11 Å². The third-order valence-electron chi connectivity index (χ3n) is 1.80. The number of phenols is 1. The number of hydrogen-bond donors (Lipinski definition) is 2. The van der Waals surface area contributed by atoms with Gasteiger partial charge in [0.15, 0.2) is 11.5 Å². The Morgan fingerprint density at radius 3 is 2.62 bits per heavy atom. The number of ether oxygens (including phenoxy) is 1. The van der Waals surface area contributed by atoms with E-state index in [1.54, 1.807) is 19.1 Å². The van der Waals surface area contributed by atoms with Gasteiger partial charge in [-0.3, -0.25) is 0 Å². The lowest BCUT2D eigenvalue weighted by molar-refractivity contribution is 0.369. The standard InChI is InChI=1S/C9H12BrNO2/c1-5(11)8-6(10)3-4-7(13-2)9(8)12/h3-5,12H,11H2,1-2H3. The fourth-order valence-corrected chi connectivity index (χ4v) is 1.84. The molecule has 13 heavy (non-hydrogen) atoms. The van der Waals surface area contributed by atoms with Gasteiger partial charge < -0.3 is 15.6 Å². The summed E-state index contributed by atoms with van der Waals surface area (Å²) in [7, 11) is 1.51. The van der Waals surface area contributed by atoms with E-state index in [0.29, 0.717) is 11.3 Å². The predicted octanol–water partition coefficient (Wildman–Crippen LogP) is 2.18. The molecule has 0 saturated carbocycles. The van der Waals surface area contributed by atoms with E-state index in [1.165, 1.54) is 7.11 Å². The number of benzene rings is 1. The number of hydrogen-bond acceptors (Lipinski definition) is 3. The first kappa shape index (κ1) is 10.3. The molecule has 0 spiro atoms. The van der Waals surface area contributed by atoms with Gasteiger partial charge in [0.25, 0.3) is 0 Å². The van der Waals surface area contributed by atoms with Crippen LogP contribution in [0.25, 0.3) is 0 Å². The smallest absolute Gasteiger partial charge is 0.163 e. The van der Waals surface area contributed by atoms with Gasteiger partial charge in [-0.1, -0.05) is 15.9 Å². The molecule has 0 bridgehead atoms. The first-order valence-corrected chi connectivity index (χ1v) is 4.68. The third-order valence-corrected chi connectivity index (χ3v) is 2.49. The minimum Gasteiger partial charge on any atom is -0.504 e. The number of rotatable bonds is 2. The summed E-state index contributed by atoms with van der Waals surface area (Å²) in [4.78, 5) is 0. The lowest BCUT2D eigenvalue weighted by Crippen LogP contribution is -2.06. The van der Waals surface area contributed by atoms with Crippen molar-refractivity contribution in [3.63, 3.8) is 0 Å². The van der Waals surface area contributed by atoms with Crippen molar-refractivity contribution in [3.8, 4) is 11.5 Å². The van der Waals surface area contributed by atoms with Crippen molar-refractivity contribution in [2.45, 2.75) is 13.0 Å². The van der Waals surface area contributed by atoms with Crippen molar-refractivity contribution in [1.29, 1.82) is 0 Å². The molecular formula is C9H12BrNO2. The molecule has 1 rings (SSSR count). The highest BCUT2D eigenvalue weighted by atomic mass is 79.9. The second-order valence-electron chi connectivity index (χ2n) is 2.80. The average Bonchev–Trinajstić information content (AvgIpc) is 2.04. The summed E-state index contributed by atoms with van der Waals surface area (Å²) in [6.07, 6.45) is 0. The molecule has 0 aliphatic heterocycles. The van der Waals surface area contributed by atoms with Crippen LogP contribution in [-0.2, 0) is 0 Å². The van der Waals surface area contributed by atoms with Gasteiger partial charge in [-0.15, -0.1) is 0 Å². The highest BCUT2D eigenvalue weighted by Gasteiger charge is 2.14. The van der Waals surface area contributed by atoms with Gasteiger partial charge in [0.1, 0.15) is 0 Å². The van der Waals surface area contributed by atoms with Crippen LogP contribution >= 0.6 is 15.9 Å². The van der Waals surface area contributed by atoms with E-state index in [4.69, 9.17) is 10.5 Å². The highest BCUT2D eigenvalue weighted by Crippen LogP contribution is 2.37. The molecule has 1 atom stereocenters. The molecule has 1 aromatic rings. The van der Waals surface area contributed by atoms with Crippen LogP contribution in [0.1, 0.15) is 18.5 Å². The monoisotopic (exact) mass is 245 g/mol. The van der Waals surface area contributed by atoms with E-state index in [2.05, 4.69) is 15.9 Å². The Morgan fingerprint density at radius 1 is 1.54 bits per heavy atom. The highest BCUT2D eigenvalue weighted by molar-refractivity contribution is 9.10. The second-order valence-corrected chi connectivity index (χ2v) is 3.65. The molecule has 0 aliphatic carbocycles. The van der Waals surface area contributed by atoms with Gasteiger partial charge in [-0.2, -0.15) is 0 Å². The summed E-state index contributed by atoms with van der Waals surface area (Å²) in [5.41, 5.74) is 6.36. The minimum absolute atomic E-state index is 0.104. The molecule has 0 aliphatic rings. The molecule has 3 nitrogen and oxygen atoms in total. The molecule has 0 aromatic heterocycles. The van der Waals surface area contributed by atoms with Gasteiger partial charge in [0, 0.05) is 16.1 Å². The lowest BCUT2D eigenvalue weighted by Gasteiger charge is -2.13. The first-order valence-electron chi connectivity index (χ1n) is 3.89. The molecule has 3 N–H and O–H groups in total. The zero-order valence-electron chi connectivity index (χ0n) is 7.54. The fourth-order valence-electron chi connectivity index (χ4n) is 1.16. The van der Waals surface area contributed by atoms with Crippen molar-refractivity contribution in [2.75, 3.05) is 7.11 Å². The Balaban J connectivity index is 3.30. The Bertz CT molecular complexity index is 313. The van der Waals surface area contributed by atoms with Crippen molar-refractivity contribution >= 4 is 15.9 Å². The van der Waals surface area contributed by atoms with Crippen LogP contribution in [0.15, 0.2) is 16.6 Å². The van der Waals surface area contributed by atoms with Gasteiger partial charge in [-0.05, 0) is 19.1 Å². The van der Waals surface area contributed by atoms with E-state index in [1.807, 2.05) is 0 Å². The maximum absolute atomic E-state index is 9.71. The molecule has 0 saturated heterocycles. The number of halogens is 1. The Labute approximate surface area is 85.6 Å². The topological polar surface area (TPSA) is 55.5 Å². The molecule has 1 unspecified atom stereocenters. The summed E-state index contributed by atoms with van der Waals surface area (Å²) in [6, 6.07) is 3.26. The second kappa shape index (κ2) is 3.98. The van der Waals surface area contributed by atoms with Crippen LogP contribution < -0.4 is 10.5 Å². The van der Waals surface area contributed by atoms with Crippen LogP contribution in [0.5, 0.6) is 11.5 Å². The summed E-state index contributed by atoms with van der Waals surface area (Å²) >= 11 is 3.32. The van der Waals surface area contributed by atoms with E-state index >= 15 is 0 Å². The van der Waals surface area contributed by atoms with Crippen molar-refractivity contribution in [3.05, 3.63) is 22.2 Å². The van der Waals surface area contributed by atoms with Gasteiger partial charge in [-0.25, -0.2) is 0 Å². The molecular weight excluding hydrogens is 234 g/mol. The molecule has 0 radical (unpaired) electrons. The van der Waals surface area contributed by atoms with Crippen molar-refractivity contribution in [1.82, 2.24) is 0 Å². The quantitative estimate of drug-likeness (QED) is 0.840. The largest absolute Gasteiger partial charge is 0.504 e. The number of methoxy groups -OCH3 is 1. The summed E-state index contributed by atoms with van der Waals surface area (Å²) in [5.74, 6) is 0.544. The van der Waals surface area contributed by atoms with Gasteiger partial charge in [0.05, 0.1) is 7.11 Å². The Morgan fingerprint density at radius 2 is 2.15 bits per heavy atom. The zero-order valence-corrected chi connectivity index (χ0v) is 9.13. The summed E-state index contributed by atoms with van der Waals surface area (Å²) in [6.45, 7) is 1.80. The maximum atomic E-state index is 9.71. The first-order chi connectivity index (χ1) is 6.07. The lowest BCUT2D eigenvalue weighted by atomic mass is 10.1. The van der Waals surface area contributed by atoms with Crippen molar-refractivity contribution in [2.24, 2.45) is 5.73 Å². The van der Waals surface area contributed by atoms with E-state index in [0.717, 1.165) is 4.47 Å². The number of phenolic OH excluding ortho intramolecular Hbond substituents is 1.